The second kappa shape index (κ2) is 8.48. The van der Waals surface area contributed by atoms with Crippen LogP contribution in [0.4, 0.5) is 5.69 Å². The predicted molar refractivity (Wildman–Crippen MR) is 130 cm³/mol. The number of nitrogens with zero attached hydrogens (tertiary/aromatic N) is 2. The van der Waals surface area contributed by atoms with Crippen LogP contribution in [0.3, 0.4) is 0 Å². The topological polar surface area (TPSA) is 79.8 Å². The van der Waals surface area contributed by atoms with E-state index in [1.807, 2.05) is 55.6 Å². The van der Waals surface area contributed by atoms with Gasteiger partial charge in [-0.15, -0.1) is 0 Å². The van der Waals surface area contributed by atoms with Crippen molar-refractivity contribution in [2.24, 2.45) is 0 Å². The van der Waals surface area contributed by atoms with Crippen LogP contribution in [0, 0.1) is 6.92 Å². The Morgan fingerprint density at radius 2 is 2.03 bits per heavy atom. The van der Waals surface area contributed by atoms with Crippen LogP contribution in [0.25, 0.3) is 22.2 Å². The number of rotatable bonds is 6. The molecule has 5 rings (SSSR count). The first-order valence-corrected chi connectivity index (χ1v) is 11.8. The van der Waals surface area contributed by atoms with Gasteiger partial charge in [-0.2, -0.15) is 0 Å². The summed E-state index contributed by atoms with van der Waals surface area (Å²) < 4.78 is 1.73. The summed E-state index contributed by atoms with van der Waals surface area (Å²) in [5.74, 6) is -0.0743. The van der Waals surface area contributed by atoms with Crippen molar-refractivity contribution < 1.29 is 4.79 Å². The Morgan fingerprint density at radius 3 is 2.75 bits per heavy atom. The highest BCUT2D eigenvalue weighted by Crippen LogP contribution is 2.37. The highest BCUT2D eigenvalue weighted by molar-refractivity contribution is 7.99. The zero-order chi connectivity index (χ0) is 22.2. The SMILES string of the molecule is Cc1ccc(NC(=O)CSc2nc3c(-c4ccccc4)c[nH]c3c(=O)n2C2CC2)c(Cl)c1. The molecule has 6 nitrogen and oxygen atoms in total. The molecule has 0 saturated heterocycles. The van der Waals surface area contributed by atoms with Crippen molar-refractivity contribution in [3.63, 3.8) is 0 Å². The number of halogens is 1. The van der Waals surface area contributed by atoms with Crippen LogP contribution in [0.5, 0.6) is 0 Å². The summed E-state index contributed by atoms with van der Waals surface area (Å²) >= 11 is 7.50. The summed E-state index contributed by atoms with van der Waals surface area (Å²) in [6.45, 7) is 1.94. The summed E-state index contributed by atoms with van der Waals surface area (Å²) in [5, 5.41) is 3.90. The normalized spacial score (nSPS) is 13.4. The number of hydrogen-bond acceptors (Lipinski definition) is 4. The van der Waals surface area contributed by atoms with E-state index in [-0.39, 0.29) is 23.3 Å². The molecular formula is C24H21ClN4O2S. The highest BCUT2D eigenvalue weighted by atomic mass is 35.5. The van der Waals surface area contributed by atoms with Gasteiger partial charge in [-0.3, -0.25) is 14.2 Å². The van der Waals surface area contributed by atoms with Crippen molar-refractivity contribution in [2.75, 3.05) is 11.1 Å². The van der Waals surface area contributed by atoms with Gasteiger partial charge in [0.2, 0.25) is 5.91 Å². The molecular weight excluding hydrogens is 444 g/mol. The van der Waals surface area contributed by atoms with E-state index in [1.165, 1.54) is 11.8 Å². The van der Waals surface area contributed by atoms with E-state index in [0.29, 0.717) is 26.9 Å². The molecule has 2 aromatic heterocycles. The number of aromatic nitrogens is 3. The zero-order valence-electron chi connectivity index (χ0n) is 17.4. The van der Waals surface area contributed by atoms with Crippen LogP contribution in [-0.2, 0) is 4.79 Å². The largest absolute Gasteiger partial charge is 0.355 e. The quantitative estimate of drug-likeness (QED) is 0.295. The molecule has 4 aromatic rings. The van der Waals surface area contributed by atoms with E-state index >= 15 is 0 Å². The maximum Gasteiger partial charge on any atom is 0.278 e. The van der Waals surface area contributed by atoms with E-state index in [9.17, 15) is 9.59 Å². The Labute approximate surface area is 194 Å². The molecule has 0 bridgehead atoms. The lowest BCUT2D eigenvalue weighted by atomic mass is 10.1. The van der Waals surface area contributed by atoms with Gasteiger partial charge in [0, 0.05) is 17.8 Å². The van der Waals surface area contributed by atoms with E-state index in [0.717, 1.165) is 29.5 Å². The fourth-order valence-corrected chi connectivity index (χ4v) is 4.83. The molecule has 8 heteroatoms. The lowest BCUT2D eigenvalue weighted by Crippen LogP contribution is -2.23. The summed E-state index contributed by atoms with van der Waals surface area (Å²) in [6.07, 6.45) is 3.71. The second-order valence-corrected chi connectivity index (χ2v) is 9.26. The Morgan fingerprint density at radius 1 is 1.25 bits per heavy atom. The van der Waals surface area contributed by atoms with Gasteiger partial charge in [-0.1, -0.05) is 59.8 Å². The number of aromatic amines is 1. The molecule has 1 fully saturated rings. The van der Waals surface area contributed by atoms with Gasteiger partial charge in [-0.25, -0.2) is 4.98 Å². The molecule has 162 valence electrons. The number of amides is 1. The summed E-state index contributed by atoms with van der Waals surface area (Å²) in [5.41, 5.74) is 4.48. The number of aryl methyl sites for hydroxylation is 1. The first-order valence-electron chi connectivity index (χ1n) is 10.4. The Kier molecular flexibility index (Phi) is 5.53. The van der Waals surface area contributed by atoms with Gasteiger partial charge in [0.25, 0.3) is 5.56 Å². The lowest BCUT2D eigenvalue weighted by Gasteiger charge is -2.12. The van der Waals surface area contributed by atoms with E-state index in [1.54, 1.807) is 10.6 Å². The van der Waals surface area contributed by atoms with E-state index < -0.39 is 0 Å². The zero-order valence-corrected chi connectivity index (χ0v) is 19.0. The number of benzene rings is 2. The van der Waals surface area contributed by atoms with Crippen molar-refractivity contribution in [1.29, 1.82) is 0 Å². The molecule has 1 aliphatic carbocycles. The van der Waals surface area contributed by atoms with Gasteiger partial charge in [0.15, 0.2) is 5.16 Å². The maximum atomic E-state index is 13.2. The lowest BCUT2D eigenvalue weighted by molar-refractivity contribution is -0.113. The number of H-pyrrole nitrogens is 1. The molecule has 2 N–H and O–H groups in total. The molecule has 2 heterocycles. The Bertz CT molecular complexity index is 1380. The van der Waals surface area contributed by atoms with Crippen molar-refractivity contribution in [1.82, 2.24) is 14.5 Å². The summed E-state index contributed by atoms with van der Waals surface area (Å²) in [7, 11) is 0. The number of carbonyl (C=O) groups is 1. The molecule has 1 saturated carbocycles. The average Bonchev–Trinajstić information content (AvgIpc) is 3.53. The second-order valence-electron chi connectivity index (χ2n) is 7.91. The number of anilines is 1. The monoisotopic (exact) mass is 464 g/mol. The van der Waals surface area contributed by atoms with Gasteiger partial charge >= 0.3 is 0 Å². The molecule has 0 atom stereocenters. The van der Waals surface area contributed by atoms with Crippen molar-refractivity contribution >= 4 is 46.0 Å². The van der Waals surface area contributed by atoms with Crippen LogP contribution in [0.1, 0.15) is 24.4 Å². The van der Waals surface area contributed by atoms with Crippen LogP contribution in [0.2, 0.25) is 5.02 Å². The standard InChI is InChI=1S/C24H21ClN4O2S/c1-14-7-10-19(18(25)11-14)27-20(30)13-32-24-28-21-17(15-5-3-2-4-6-15)12-26-22(21)23(31)29(24)16-8-9-16/h2-7,10-12,16,26H,8-9,13H2,1H3,(H,27,30). The molecule has 32 heavy (non-hydrogen) atoms. The number of carbonyl (C=O) groups excluding carboxylic acids is 1. The number of thioether (sulfide) groups is 1. The molecule has 0 unspecified atom stereocenters. The molecule has 1 amide bonds. The van der Waals surface area contributed by atoms with Crippen LogP contribution >= 0.6 is 23.4 Å². The minimum Gasteiger partial charge on any atom is -0.355 e. The fourth-order valence-electron chi connectivity index (χ4n) is 3.68. The van der Waals surface area contributed by atoms with Gasteiger partial charge in [0.1, 0.15) is 11.0 Å². The first kappa shape index (κ1) is 20.8. The Hall–Kier alpha value is -3.03. The third kappa shape index (κ3) is 4.06. The minimum absolute atomic E-state index is 0.0934. The summed E-state index contributed by atoms with van der Waals surface area (Å²) in [6, 6.07) is 15.5. The maximum absolute atomic E-state index is 13.2. The number of hydrogen-bond donors (Lipinski definition) is 2. The van der Waals surface area contributed by atoms with Gasteiger partial charge in [0.05, 0.1) is 16.5 Å². The Balaban J connectivity index is 1.45. The predicted octanol–water partition coefficient (Wildman–Crippen LogP) is 5.42. The summed E-state index contributed by atoms with van der Waals surface area (Å²) in [4.78, 5) is 33.8. The smallest absolute Gasteiger partial charge is 0.278 e. The number of fused-ring (bicyclic) bond motifs is 1. The van der Waals surface area contributed by atoms with Crippen LogP contribution in [-0.4, -0.2) is 26.2 Å². The van der Waals surface area contributed by atoms with Crippen molar-refractivity contribution in [3.8, 4) is 11.1 Å². The van der Waals surface area contributed by atoms with Gasteiger partial charge in [-0.05, 0) is 43.0 Å². The van der Waals surface area contributed by atoms with Gasteiger partial charge < -0.3 is 10.3 Å². The van der Waals surface area contributed by atoms with Crippen LogP contribution in [0.15, 0.2) is 64.7 Å². The van der Waals surface area contributed by atoms with E-state index in [4.69, 9.17) is 16.6 Å². The molecule has 2 aromatic carbocycles. The van der Waals surface area contributed by atoms with Crippen LogP contribution < -0.4 is 10.9 Å². The molecule has 0 aliphatic heterocycles. The molecule has 1 aliphatic rings. The average molecular weight is 465 g/mol. The van der Waals surface area contributed by atoms with E-state index in [2.05, 4.69) is 10.3 Å². The first-order chi connectivity index (χ1) is 15.5. The third-order valence-corrected chi connectivity index (χ3v) is 6.69. The third-order valence-electron chi connectivity index (χ3n) is 5.43. The number of nitrogens with one attached hydrogen (secondary N) is 2. The highest BCUT2D eigenvalue weighted by Gasteiger charge is 2.29. The molecule has 0 radical (unpaired) electrons. The van der Waals surface area contributed by atoms with Crippen molar-refractivity contribution in [3.05, 3.63) is 75.7 Å². The van der Waals surface area contributed by atoms with Crippen molar-refractivity contribution in [2.45, 2.75) is 31.0 Å². The molecule has 0 spiro atoms. The fraction of sp³-hybridized carbons (Fsp3) is 0.208. The minimum atomic E-state index is -0.199.